The summed E-state index contributed by atoms with van der Waals surface area (Å²) in [5.74, 6) is -0.581. The summed E-state index contributed by atoms with van der Waals surface area (Å²) in [5, 5.41) is 3.87. The summed E-state index contributed by atoms with van der Waals surface area (Å²) >= 11 is 0. The number of ether oxygens (including phenoxy) is 2. The Labute approximate surface area is 146 Å². The van der Waals surface area contributed by atoms with Gasteiger partial charge in [-0.15, -0.1) is 0 Å². The zero-order valence-electron chi connectivity index (χ0n) is 14.3. The van der Waals surface area contributed by atoms with Crippen molar-refractivity contribution in [1.29, 1.82) is 0 Å². The highest BCUT2D eigenvalue weighted by atomic mass is 16.5. The van der Waals surface area contributed by atoms with Crippen LogP contribution in [0.5, 0.6) is 0 Å². The third-order valence-corrected chi connectivity index (χ3v) is 4.53. The van der Waals surface area contributed by atoms with Gasteiger partial charge >= 0.3 is 5.97 Å². The minimum Gasteiger partial charge on any atom is -0.467 e. The Balaban J connectivity index is 1.67. The van der Waals surface area contributed by atoms with Crippen molar-refractivity contribution in [3.05, 3.63) is 36.0 Å². The third-order valence-electron chi connectivity index (χ3n) is 4.53. The molecule has 0 aliphatic carbocycles. The number of esters is 1. The number of fused-ring (bicyclic) bond motifs is 1. The number of para-hydroxylation sites is 1. The van der Waals surface area contributed by atoms with Crippen LogP contribution in [0.2, 0.25) is 0 Å². The van der Waals surface area contributed by atoms with E-state index in [1.54, 1.807) is 0 Å². The van der Waals surface area contributed by atoms with Crippen molar-refractivity contribution in [3.63, 3.8) is 0 Å². The minimum absolute atomic E-state index is 0.146. The monoisotopic (exact) mass is 346 g/mol. The summed E-state index contributed by atoms with van der Waals surface area (Å²) in [6.45, 7) is 3.28. The first-order valence-electron chi connectivity index (χ1n) is 8.51. The van der Waals surface area contributed by atoms with Gasteiger partial charge in [0.1, 0.15) is 19.1 Å². The summed E-state index contributed by atoms with van der Waals surface area (Å²) < 4.78 is 10.2. The quantitative estimate of drug-likeness (QED) is 0.603. The molecule has 0 radical (unpaired) electrons. The van der Waals surface area contributed by atoms with E-state index in [1.165, 1.54) is 12.0 Å². The predicted molar refractivity (Wildman–Crippen MR) is 92.3 cm³/mol. The van der Waals surface area contributed by atoms with Gasteiger partial charge in [0.15, 0.2) is 6.54 Å². The highest BCUT2D eigenvalue weighted by molar-refractivity contribution is 5.87. The van der Waals surface area contributed by atoms with Crippen molar-refractivity contribution in [2.24, 2.45) is 0 Å². The van der Waals surface area contributed by atoms with Crippen LogP contribution in [0.3, 0.4) is 0 Å². The normalized spacial score (nSPS) is 16.5. The van der Waals surface area contributed by atoms with Gasteiger partial charge < -0.3 is 24.7 Å². The number of hydrogen-bond acceptors (Lipinski definition) is 4. The lowest BCUT2D eigenvalue weighted by Gasteiger charge is -2.24. The van der Waals surface area contributed by atoms with Crippen molar-refractivity contribution in [3.8, 4) is 0 Å². The molecule has 7 nitrogen and oxygen atoms in total. The van der Waals surface area contributed by atoms with E-state index in [9.17, 15) is 9.59 Å². The molecule has 2 heterocycles. The number of aromatic amines is 1. The van der Waals surface area contributed by atoms with Gasteiger partial charge in [-0.25, -0.2) is 4.79 Å². The Kier molecular flexibility index (Phi) is 5.67. The van der Waals surface area contributed by atoms with Crippen LogP contribution in [-0.4, -0.2) is 62.9 Å². The van der Waals surface area contributed by atoms with Crippen LogP contribution in [0.15, 0.2) is 30.5 Å². The van der Waals surface area contributed by atoms with E-state index in [-0.39, 0.29) is 5.91 Å². The SMILES string of the molecule is COC(=O)[C@@H](Cc1c[nH]c2ccccc12)NC(=O)C[NH+]1CCOCC1. The van der Waals surface area contributed by atoms with Crippen molar-refractivity contribution in [2.75, 3.05) is 40.0 Å². The molecule has 25 heavy (non-hydrogen) atoms. The Bertz CT molecular complexity index is 737. The van der Waals surface area contributed by atoms with E-state index in [2.05, 4.69) is 10.3 Å². The maximum atomic E-state index is 12.3. The smallest absolute Gasteiger partial charge is 0.328 e. The molecule has 0 spiro atoms. The van der Waals surface area contributed by atoms with Crippen LogP contribution >= 0.6 is 0 Å². The van der Waals surface area contributed by atoms with Crippen molar-refractivity contribution < 1.29 is 24.0 Å². The Morgan fingerprint density at radius 3 is 2.84 bits per heavy atom. The molecular weight excluding hydrogens is 322 g/mol. The van der Waals surface area contributed by atoms with Gasteiger partial charge in [-0.1, -0.05) is 18.2 Å². The molecule has 1 aromatic heterocycles. The number of carbonyl (C=O) groups excluding carboxylic acids is 2. The third kappa shape index (κ3) is 4.37. The molecule has 1 aromatic carbocycles. The Morgan fingerprint density at radius 1 is 1.32 bits per heavy atom. The van der Waals surface area contributed by atoms with E-state index in [0.29, 0.717) is 26.2 Å². The molecule has 7 heteroatoms. The molecule has 3 rings (SSSR count). The van der Waals surface area contributed by atoms with E-state index in [0.717, 1.165) is 29.6 Å². The molecule has 0 bridgehead atoms. The van der Waals surface area contributed by atoms with Crippen molar-refractivity contribution >= 4 is 22.8 Å². The first-order chi connectivity index (χ1) is 12.2. The second kappa shape index (κ2) is 8.13. The minimum atomic E-state index is -0.697. The summed E-state index contributed by atoms with van der Waals surface area (Å²) in [6.07, 6.45) is 2.26. The van der Waals surface area contributed by atoms with Crippen LogP contribution in [0.1, 0.15) is 5.56 Å². The van der Waals surface area contributed by atoms with Crippen LogP contribution < -0.4 is 10.2 Å². The number of quaternary nitrogens is 1. The topological polar surface area (TPSA) is 84.9 Å². The second-order valence-electron chi connectivity index (χ2n) is 6.25. The fraction of sp³-hybridized carbons (Fsp3) is 0.444. The predicted octanol–water partition coefficient (Wildman–Crippen LogP) is -0.717. The maximum absolute atomic E-state index is 12.3. The molecule has 1 aliphatic rings. The number of nitrogens with one attached hydrogen (secondary N) is 3. The van der Waals surface area contributed by atoms with Gasteiger partial charge in [0.05, 0.1) is 20.3 Å². The van der Waals surface area contributed by atoms with Gasteiger partial charge in [0, 0.05) is 23.5 Å². The Morgan fingerprint density at radius 2 is 2.08 bits per heavy atom. The second-order valence-corrected chi connectivity index (χ2v) is 6.25. The standard InChI is InChI=1S/C18H23N3O4/c1-24-18(23)16(20-17(22)12-21-6-8-25-9-7-21)10-13-11-19-15-5-3-2-4-14(13)15/h2-5,11,16,19H,6-10,12H2,1H3,(H,20,22)/p+1/t16-/m1/s1. The Hall–Kier alpha value is -2.38. The number of methoxy groups -OCH3 is 1. The van der Waals surface area contributed by atoms with E-state index >= 15 is 0 Å². The number of carbonyl (C=O) groups is 2. The zero-order chi connectivity index (χ0) is 17.6. The van der Waals surface area contributed by atoms with Crippen LogP contribution in [-0.2, 0) is 25.5 Å². The fourth-order valence-electron chi connectivity index (χ4n) is 3.17. The number of morpholine rings is 1. The molecule has 0 unspecified atom stereocenters. The van der Waals surface area contributed by atoms with Gasteiger partial charge in [-0.3, -0.25) is 4.79 Å². The van der Waals surface area contributed by atoms with Gasteiger partial charge in [-0.2, -0.15) is 0 Å². The van der Waals surface area contributed by atoms with Crippen LogP contribution in [0.25, 0.3) is 10.9 Å². The van der Waals surface area contributed by atoms with Gasteiger partial charge in [0.25, 0.3) is 5.91 Å². The average Bonchev–Trinajstić information content (AvgIpc) is 3.04. The van der Waals surface area contributed by atoms with E-state index < -0.39 is 12.0 Å². The molecular formula is C18H24N3O4+. The number of H-pyrrole nitrogens is 1. The summed E-state index contributed by atoms with van der Waals surface area (Å²) in [6, 6.07) is 7.18. The fourth-order valence-corrected chi connectivity index (χ4v) is 3.17. The zero-order valence-corrected chi connectivity index (χ0v) is 14.3. The largest absolute Gasteiger partial charge is 0.467 e. The molecule has 1 aliphatic heterocycles. The molecule has 1 amide bonds. The molecule has 0 saturated carbocycles. The number of hydrogen-bond donors (Lipinski definition) is 3. The number of aromatic nitrogens is 1. The van der Waals surface area contributed by atoms with E-state index in [1.807, 2.05) is 30.5 Å². The molecule has 3 N–H and O–H groups in total. The van der Waals surface area contributed by atoms with Crippen LogP contribution in [0, 0.1) is 0 Å². The molecule has 1 atom stereocenters. The number of benzene rings is 1. The van der Waals surface area contributed by atoms with Gasteiger partial charge in [-0.05, 0) is 11.6 Å². The van der Waals surface area contributed by atoms with Crippen molar-refractivity contribution in [1.82, 2.24) is 10.3 Å². The van der Waals surface area contributed by atoms with Gasteiger partial charge in [0.2, 0.25) is 0 Å². The maximum Gasteiger partial charge on any atom is 0.328 e. The lowest BCUT2D eigenvalue weighted by Crippen LogP contribution is -3.15. The average molecular weight is 346 g/mol. The molecule has 134 valence electrons. The first kappa shape index (κ1) is 17.4. The van der Waals surface area contributed by atoms with Crippen LogP contribution in [0.4, 0.5) is 0 Å². The molecule has 2 aromatic rings. The first-order valence-corrected chi connectivity index (χ1v) is 8.51. The summed E-state index contributed by atoms with van der Waals surface area (Å²) in [4.78, 5) is 28.8. The molecule has 1 fully saturated rings. The highest BCUT2D eigenvalue weighted by Gasteiger charge is 2.25. The highest BCUT2D eigenvalue weighted by Crippen LogP contribution is 2.19. The number of amides is 1. The summed E-state index contributed by atoms with van der Waals surface area (Å²) in [7, 11) is 1.34. The molecule has 1 saturated heterocycles. The summed E-state index contributed by atoms with van der Waals surface area (Å²) in [5.41, 5.74) is 1.98. The van der Waals surface area contributed by atoms with Crippen molar-refractivity contribution in [2.45, 2.75) is 12.5 Å². The number of rotatable bonds is 6. The lowest BCUT2D eigenvalue weighted by molar-refractivity contribution is -0.900. The van der Waals surface area contributed by atoms with E-state index in [4.69, 9.17) is 9.47 Å². The lowest BCUT2D eigenvalue weighted by atomic mass is 10.0.